The van der Waals surface area contributed by atoms with E-state index in [9.17, 15) is 4.79 Å². The van der Waals surface area contributed by atoms with Gasteiger partial charge in [-0.15, -0.1) is 0 Å². The Morgan fingerprint density at radius 2 is 2.11 bits per heavy atom. The molecule has 1 heterocycles. The highest BCUT2D eigenvalue weighted by molar-refractivity contribution is 5.96. The van der Waals surface area contributed by atoms with Crippen LogP contribution in [0.4, 0.5) is 5.69 Å². The first kappa shape index (κ1) is 12.9. The van der Waals surface area contributed by atoms with Gasteiger partial charge in [0.2, 0.25) is 5.91 Å². The quantitative estimate of drug-likeness (QED) is 0.749. The van der Waals surface area contributed by atoms with E-state index in [1.54, 1.807) is 14.2 Å². The molecule has 4 heteroatoms. The van der Waals surface area contributed by atoms with Crippen molar-refractivity contribution in [3.8, 4) is 5.75 Å². The lowest BCUT2D eigenvalue weighted by molar-refractivity contribution is -0.118. The maximum absolute atomic E-state index is 12.0. The van der Waals surface area contributed by atoms with Gasteiger partial charge in [-0.3, -0.25) is 4.79 Å². The van der Waals surface area contributed by atoms with Crippen LogP contribution in [-0.4, -0.2) is 33.3 Å². The van der Waals surface area contributed by atoms with Crippen LogP contribution in [0.25, 0.3) is 0 Å². The Labute approximate surface area is 107 Å². The number of rotatable bonds is 5. The molecule has 1 aliphatic heterocycles. The fraction of sp³-hybridized carbons (Fsp3) is 0.500. The number of ether oxygens (including phenoxy) is 2. The second-order valence-electron chi connectivity index (χ2n) is 4.39. The van der Waals surface area contributed by atoms with Crippen molar-refractivity contribution >= 4 is 11.6 Å². The minimum Gasteiger partial charge on any atom is -0.497 e. The Bertz CT molecular complexity index is 431. The smallest absolute Gasteiger partial charge is 0.227 e. The number of hydrogen-bond donors (Lipinski definition) is 0. The molecule has 0 N–H and O–H groups in total. The van der Waals surface area contributed by atoms with Crippen molar-refractivity contribution in [3.05, 3.63) is 23.8 Å². The number of amides is 1. The summed E-state index contributed by atoms with van der Waals surface area (Å²) in [5.41, 5.74) is 2.20. The Balaban J connectivity index is 2.21. The third-order valence-corrected chi connectivity index (χ3v) is 3.22. The monoisotopic (exact) mass is 249 g/mol. The zero-order chi connectivity index (χ0) is 13.0. The third kappa shape index (κ3) is 2.64. The molecule has 98 valence electrons. The van der Waals surface area contributed by atoms with Gasteiger partial charge < -0.3 is 14.4 Å². The molecule has 0 atom stereocenters. The van der Waals surface area contributed by atoms with Gasteiger partial charge in [-0.25, -0.2) is 0 Å². The number of carbonyl (C=O) groups is 1. The Kier molecular flexibility index (Phi) is 4.20. The Hall–Kier alpha value is -1.55. The van der Waals surface area contributed by atoms with E-state index in [4.69, 9.17) is 9.47 Å². The first-order valence-corrected chi connectivity index (χ1v) is 6.22. The summed E-state index contributed by atoms with van der Waals surface area (Å²) < 4.78 is 10.3. The van der Waals surface area contributed by atoms with Crippen LogP contribution in [0.2, 0.25) is 0 Å². The summed E-state index contributed by atoms with van der Waals surface area (Å²) in [6.07, 6.45) is 2.25. The molecule has 0 saturated carbocycles. The number of carbonyl (C=O) groups excluding carboxylic acids is 1. The fourth-order valence-electron chi connectivity index (χ4n) is 2.26. The van der Waals surface area contributed by atoms with Crippen LogP contribution in [0.3, 0.4) is 0 Å². The first-order valence-electron chi connectivity index (χ1n) is 6.22. The van der Waals surface area contributed by atoms with E-state index in [-0.39, 0.29) is 5.91 Å². The van der Waals surface area contributed by atoms with Gasteiger partial charge in [0.15, 0.2) is 0 Å². The van der Waals surface area contributed by atoms with Gasteiger partial charge in [0.1, 0.15) is 5.75 Å². The van der Waals surface area contributed by atoms with Gasteiger partial charge in [0.25, 0.3) is 0 Å². The first-order chi connectivity index (χ1) is 8.76. The number of benzene rings is 1. The van der Waals surface area contributed by atoms with Crippen LogP contribution in [0, 0.1) is 0 Å². The molecule has 1 amide bonds. The molecule has 1 aromatic rings. The highest BCUT2D eigenvalue weighted by atomic mass is 16.5. The minimum atomic E-state index is 0.187. The number of nitrogens with zero attached hydrogens (tertiary/aromatic N) is 1. The van der Waals surface area contributed by atoms with Crippen molar-refractivity contribution < 1.29 is 14.3 Å². The van der Waals surface area contributed by atoms with Crippen LogP contribution >= 0.6 is 0 Å². The zero-order valence-electron chi connectivity index (χ0n) is 10.9. The van der Waals surface area contributed by atoms with Crippen LogP contribution in [0.15, 0.2) is 18.2 Å². The molecule has 4 nitrogen and oxygen atoms in total. The van der Waals surface area contributed by atoms with E-state index in [0.717, 1.165) is 24.3 Å². The van der Waals surface area contributed by atoms with E-state index in [2.05, 4.69) is 0 Å². The summed E-state index contributed by atoms with van der Waals surface area (Å²) in [7, 11) is 3.32. The molecule has 0 unspecified atom stereocenters. The topological polar surface area (TPSA) is 38.8 Å². The third-order valence-electron chi connectivity index (χ3n) is 3.22. The van der Waals surface area contributed by atoms with Crippen LogP contribution in [0.1, 0.15) is 18.4 Å². The minimum absolute atomic E-state index is 0.187. The lowest BCUT2D eigenvalue weighted by Gasteiger charge is -2.29. The molecule has 0 fully saturated rings. The van der Waals surface area contributed by atoms with Crippen LogP contribution < -0.4 is 9.64 Å². The number of aryl methyl sites for hydroxylation is 1. The average Bonchev–Trinajstić information content (AvgIpc) is 2.41. The molecule has 0 aliphatic carbocycles. The van der Waals surface area contributed by atoms with Gasteiger partial charge in [0, 0.05) is 32.7 Å². The van der Waals surface area contributed by atoms with E-state index in [1.807, 2.05) is 23.1 Å². The average molecular weight is 249 g/mol. The van der Waals surface area contributed by atoms with Crippen molar-refractivity contribution in [2.45, 2.75) is 19.3 Å². The SMILES string of the molecule is COCCCN1C(=O)CCc2ccc(OC)cc21. The fourth-order valence-corrected chi connectivity index (χ4v) is 2.26. The van der Waals surface area contributed by atoms with Crippen molar-refractivity contribution in [2.24, 2.45) is 0 Å². The molecule has 0 saturated heterocycles. The van der Waals surface area contributed by atoms with E-state index in [0.29, 0.717) is 19.6 Å². The van der Waals surface area contributed by atoms with Crippen molar-refractivity contribution in [2.75, 3.05) is 32.3 Å². The van der Waals surface area contributed by atoms with E-state index >= 15 is 0 Å². The predicted octanol–water partition coefficient (Wildman–Crippen LogP) is 2.01. The molecule has 2 rings (SSSR count). The van der Waals surface area contributed by atoms with Gasteiger partial charge in [-0.05, 0) is 24.5 Å². The van der Waals surface area contributed by atoms with Crippen molar-refractivity contribution in [3.63, 3.8) is 0 Å². The summed E-state index contributed by atoms with van der Waals surface area (Å²) in [6.45, 7) is 1.37. The molecule has 0 spiro atoms. The number of methoxy groups -OCH3 is 2. The summed E-state index contributed by atoms with van der Waals surface area (Å²) in [4.78, 5) is 13.8. The highest BCUT2D eigenvalue weighted by Gasteiger charge is 2.23. The summed E-state index contributed by atoms with van der Waals surface area (Å²) in [6, 6.07) is 5.94. The number of fused-ring (bicyclic) bond motifs is 1. The van der Waals surface area contributed by atoms with Crippen molar-refractivity contribution in [1.82, 2.24) is 0 Å². The highest BCUT2D eigenvalue weighted by Crippen LogP contribution is 2.31. The molecule has 0 bridgehead atoms. The zero-order valence-corrected chi connectivity index (χ0v) is 10.9. The maximum Gasteiger partial charge on any atom is 0.227 e. The predicted molar refractivity (Wildman–Crippen MR) is 70.2 cm³/mol. The van der Waals surface area contributed by atoms with Gasteiger partial charge in [-0.2, -0.15) is 0 Å². The summed E-state index contributed by atoms with van der Waals surface area (Å²) in [5, 5.41) is 0. The van der Waals surface area contributed by atoms with Gasteiger partial charge >= 0.3 is 0 Å². The second-order valence-corrected chi connectivity index (χ2v) is 4.39. The summed E-state index contributed by atoms with van der Waals surface area (Å²) >= 11 is 0. The Morgan fingerprint density at radius 1 is 1.28 bits per heavy atom. The molecule has 18 heavy (non-hydrogen) atoms. The molecule has 1 aromatic carbocycles. The molecule has 1 aliphatic rings. The Morgan fingerprint density at radius 3 is 2.83 bits per heavy atom. The van der Waals surface area contributed by atoms with Crippen LogP contribution in [-0.2, 0) is 16.0 Å². The summed E-state index contributed by atoms with van der Waals surface area (Å²) in [5.74, 6) is 0.979. The lowest BCUT2D eigenvalue weighted by atomic mass is 10.0. The number of anilines is 1. The lowest BCUT2D eigenvalue weighted by Crippen LogP contribution is -2.36. The molecular weight excluding hydrogens is 230 g/mol. The van der Waals surface area contributed by atoms with Gasteiger partial charge in [0.05, 0.1) is 12.8 Å². The molecule has 0 aromatic heterocycles. The van der Waals surface area contributed by atoms with E-state index < -0.39 is 0 Å². The molecule has 0 radical (unpaired) electrons. The normalized spacial score (nSPS) is 14.6. The largest absolute Gasteiger partial charge is 0.497 e. The maximum atomic E-state index is 12.0. The standard InChI is InChI=1S/C14H19NO3/c1-17-9-3-8-15-13-10-12(18-2)6-4-11(13)5-7-14(15)16/h4,6,10H,3,5,7-9H2,1-2H3. The van der Waals surface area contributed by atoms with Crippen LogP contribution in [0.5, 0.6) is 5.75 Å². The second kappa shape index (κ2) is 5.87. The van der Waals surface area contributed by atoms with Crippen molar-refractivity contribution in [1.29, 1.82) is 0 Å². The van der Waals surface area contributed by atoms with Gasteiger partial charge in [-0.1, -0.05) is 6.07 Å². The number of hydrogen-bond acceptors (Lipinski definition) is 3. The van der Waals surface area contributed by atoms with E-state index in [1.165, 1.54) is 5.56 Å². The molecular formula is C14H19NO3.